The summed E-state index contributed by atoms with van der Waals surface area (Å²) < 4.78 is 0. The number of urea groups is 1. The van der Waals surface area contributed by atoms with Crippen molar-refractivity contribution in [3.63, 3.8) is 0 Å². The van der Waals surface area contributed by atoms with Gasteiger partial charge in [0.05, 0.1) is 11.0 Å². The van der Waals surface area contributed by atoms with Gasteiger partial charge in [0.25, 0.3) is 0 Å². The normalized spacial score (nSPS) is 24.4. The Morgan fingerprint density at radius 1 is 1.10 bits per heavy atom. The number of carboxylic acids is 1. The van der Waals surface area contributed by atoms with Gasteiger partial charge in [0.15, 0.2) is 0 Å². The summed E-state index contributed by atoms with van der Waals surface area (Å²) in [5, 5.41) is 22.2. The first kappa shape index (κ1) is 16.1. The summed E-state index contributed by atoms with van der Waals surface area (Å²) in [5.74, 6) is -0.802. The van der Waals surface area contributed by atoms with Crippen LogP contribution in [0, 0.1) is 5.41 Å². The summed E-state index contributed by atoms with van der Waals surface area (Å²) in [6.45, 7) is 3.01. The first-order chi connectivity index (χ1) is 9.85. The van der Waals surface area contributed by atoms with Gasteiger partial charge in [-0.05, 0) is 32.6 Å². The lowest BCUT2D eigenvalue weighted by atomic mass is 9.74. The van der Waals surface area contributed by atoms with Crippen molar-refractivity contribution in [2.45, 2.75) is 57.5 Å². The third-order valence-electron chi connectivity index (χ3n) is 4.97. The van der Waals surface area contributed by atoms with Crippen LogP contribution in [0.15, 0.2) is 0 Å². The minimum absolute atomic E-state index is 0.202. The van der Waals surface area contributed by atoms with Crippen LogP contribution in [-0.4, -0.2) is 52.3 Å². The number of carboxylic acid groups (broad SMARTS) is 1. The van der Waals surface area contributed by atoms with E-state index in [0.717, 1.165) is 19.3 Å². The Labute approximate surface area is 125 Å². The molecule has 0 spiro atoms. The van der Waals surface area contributed by atoms with Crippen LogP contribution >= 0.6 is 0 Å². The quantitative estimate of drug-likeness (QED) is 0.738. The number of hydrogen-bond acceptors (Lipinski definition) is 3. The van der Waals surface area contributed by atoms with Gasteiger partial charge < -0.3 is 20.4 Å². The van der Waals surface area contributed by atoms with Gasteiger partial charge in [0, 0.05) is 19.6 Å². The lowest BCUT2D eigenvalue weighted by Gasteiger charge is -2.37. The molecule has 3 N–H and O–H groups in total. The molecule has 2 fully saturated rings. The second kappa shape index (κ2) is 6.22. The van der Waals surface area contributed by atoms with E-state index in [1.165, 1.54) is 0 Å². The summed E-state index contributed by atoms with van der Waals surface area (Å²) >= 11 is 0. The van der Waals surface area contributed by atoms with E-state index in [0.29, 0.717) is 38.8 Å². The highest BCUT2D eigenvalue weighted by molar-refractivity contribution is 5.78. The topological polar surface area (TPSA) is 89.9 Å². The molecule has 1 saturated heterocycles. The van der Waals surface area contributed by atoms with Crippen LogP contribution in [-0.2, 0) is 4.79 Å². The minimum Gasteiger partial charge on any atom is -0.481 e. The maximum Gasteiger partial charge on any atom is 0.317 e. The fourth-order valence-electron chi connectivity index (χ4n) is 3.24. The molecule has 120 valence electrons. The molecule has 2 amide bonds. The highest BCUT2D eigenvalue weighted by Crippen LogP contribution is 2.36. The molecule has 2 aliphatic rings. The first-order valence-electron chi connectivity index (χ1n) is 7.83. The Morgan fingerprint density at radius 3 is 2.19 bits per heavy atom. The zero-order chi connectivity index (χ0) is 15.5. The van der Waals surface area contributed by atoms with Gasteiger partial charge in [-0.3, -0.25) is 4.79 Å². The number of nitrogens with zero attached hydrogens (tertiary/aromatic N) is 1. The molecule has 0 aromatic heterocycles. The van der Waals surface area contributed by atoms with Gasteiger partial charge in [-0.15, -0.1) is 0 Å². The maximum atomic E-state index is 12.2. The van der Waals surface area contributed by atoms with Crippen LogP contribution in [0.3, 0.4) is 0 Å². The highest BCUT2D eigenvalue weighted by Gasteiger charge is 2.40. The SMILES string of the molecule is CC1(O)CCN(C(=O)NCC2(C(=O)O)CCCCC2)CC1. The van der Waals surface area contributed by atoms with E-state index in [9.17, 15) is 19.8 Å². The van der Waals surface area contributed by atoms with Crippen LogP contribution in [0.1, 0.15) is 51.9 Å². The third kappa shape index (κ3) is 3.87. The Bertz CT molecular complexity index is 392. The Balaban J connectivity index is 1.86. The summed E-state index contributed by atoms with van der Waals surface area (Å²) in [5.41, 5.74) is -1.49. The van der Waals surface area contributed by atoms with E-state index in [-0.39, 0.29) is 12.6 Å². The summed E-state index contributed by atoms with van der Waals surface area (Å²) in [4.78, 5) is 25.4. The number of piperidine rings is 1. The smallest absolute Gasteiger partial charge is 0.317 e. The first-order valence-corrected chi connectivity index (χ1v) is 7.83. The minimum atomic E-state index is -0.802. The van der Waals surface area contributed by atoms with E-state index in [1.54, 1.807) is 11.8 Å². The highest BCUT2D eigenvalue weighted by atomic mass is 16.4. The van der Waals surface area contributed by atoms with Crippen LogP contribution in [0.2, 0.25) is 0 Å². The summed E-state index contributed by atoms with van der Waals surface area (Å²) in [7, 11) is 0. The predicted octanol–water partition coefficient (Wildman–Crippen LogP) is 1.58. The molecule has 6 nitrogen and oxygen atoms in total. The molecule has 0 radical (unpaired) electrons. The molecule has 21 heavy (non-hydrogen) atoms. The average Bonchev–Trinajstić information content (AvgIpc) is 2.45. The van der Waals surface area contributed by atoms with Crippen molar-refractivity contribution in [1.29, 1.82) is 0 Å². The molecule has 1 aliphatic carbocycles. The molecule has 2 rings (SSSR count). The summed E-state index contributed by atoms with van der Waals surface area (Å²) in [6, 6.07) is -0.211. The molecule has 0 bridgehead atoms. The second-order valence-electron chi connectivity index (χ2n) is 6.79. The number of aliphatic hydroxyl groups is 1. The fourth-order valence-corrected chi connectivity index (χ4v) is 3.24. The van der Waals surface area contributed by atoms with Crippen molar-refractivity contribution < 1.29 is 19.8 Å². The van der Waals surface area contributed by atoms with Gasteiger partial charge in [-0.1, -0.05) is 19.3 Å². The largest absolute Gasteiger partial charge is 0.481 e. The van der Waals surface area contributed by atoms with E-state index in [4.69, 9.17) is 0 Å². The summed E-state index contributed by atoms with van der Waals surface area (Å²) in [6.07, 6.45) is 5.29. The molecule has 0 aromatic carbocycles. The lowest BCUT2D eigenvalue weighted by molar-refractivity contribution is -0.150. The zero-order valence-corrected chi connectivity index (χ0v) is 12.7. The number of aliphatic carboxylic acids is 1. The number of amides is 2. The van der Waals surface area contributed by atoms with Crippen molar-refractivity contribution in [3.05, 3.63) is 0 Å². The number of carbonyl (C=O) groups excluding carboxylic acids is 1. The van der Waals surface area contributed by atoms with Crippen molar-refractivity contribution in [1.82, 2.24) is 10.2 Å². The molecule has 1 saturated carbocycles. The van der Waals surface area contributed by atoms with E-state index >= 15 is 0 Å². The average molecular weight is 298 g/mol. The van der Waals surface area contributed by atoms with Crippen molar-refractivity contribution in [2.24, 2.45) is 5.41 Å². The van der Waals surface area contributed by atoms with Crippen LogP contribution < -0.4 is 5.32 Å². The standard InChI is InChI=1S/C15H26N2O4/c1-14(21)7-9-17(10-8-14)13(20)16-11-15(12(18)19)5-3-2-4-6-15/h21H,2-11H2,1H3,(H,16,20)(H,18,19). The van der Waals surface area contributed by atoms with Gasteiger partial charge in [-0.25, -0.2) is 4.79 Å². The van der Waals surface area contributed by atoms with Gasteiger partial charge in [-0.2, -0.15) is 0 Å². The van der Waals surface area contributed by atoms with Gasteiger partial charge in [0.2, 0.25) is 0 Å². The lowest BCUT2D eigenvalue weighted by Crippen LogP contribution is -2.52. The third-order valence-corrected chi connectivity index (χ3v) is 4.97. The van der Waals surface area contributed by atoms with E-state index < -0.39 is 17.0 Å². The number of likely N-dealkylation sites (tertiary alicyclic amines) is 1. The number of carbonyl (C=O) groups is 2. The molecule has 1 aliphatic heterocycles. The van der Waals surface area contributed by atoms with Crippen molar-refractivity contribution in [2.75, 3.05) is 19.6 Å². The van der Waals surface area contributed by atoms with Gasteiger partial charge in [0.1, 0.15) is 0 Å². The number of hydrogen-bond donors (Lipinski definition) is 3. The molecule has 0 aromatic rings. The Kier molecular flexibility index (Phi) is 4.76. The van der Waals surface area contributed by atoms with E-state index in [2.05, 4.69) is 5.32 Å². The van der Waals surface area contributed by atoms with Crippen LogP contribution in [0.4, 0.5) is 4.79 Å². The van der Waals surface area contributed by atoms with Crippen LogP contribution in [0.25, 0.3) is 0 Å². The zero-order valence-electron chi connectivity index (χ0n) is 12.7. The van der Waals surface area contributed by atoms with Crippen molar-refractivity contribution >= 4 is 12.0 Å². The molecule has 1 heterocycles. The Hall–Kier alpha value is -1.30. The Morgan fingerprint density at radius 2 is 1.67 bits per heavy atom. The molecule has 0 unspecified atom stereocenters. The molecule has 6 heteroatoms. The predicted molar refractivity (Wildman–Crippen MR) is 78.0 cm³/mol. The molecule has 0 atom stereocenters. The molecular weight excluding hydrogens is 272 g/mol. The molecular formula is C15H26N2O4. The van der Waals surface area contributed by atoms with E-state index in [1.807, 2.05) is 0 Å². The van der Waals surface area contributed by atoms with Crippen molar-refractivity contribution in [3.8, 4) is 0 Å². The number of nitrogens with one attached hydrogen (secondary N) is 1. The second-order valence-corrected chi connectivity index (χ2v) is 6.79. The number of rotatable bonds is 3. The van der Waals surface area contributed by atoms with Crippen LogP contribution in [0.5, 0.6) is 0 Å². The fraction of sp³-hybridized carbons (Fsp3) is 0.867. The van der Waals surface area contributed by atoms with Gasteiger partial charge >= 0.3 is 12.0 Å². The maximum absolute atomic E-state index is 12.2. The monoisotopic (exact) mass is 298 g/mol.